The first-order valence-corrected chi connectivity index (χ1v) is 10.4. The summed E-state index contributed by atoms with van der Waals surface area (Å²) >= 11 is 0. The monoisotopic (exact) mass is 418 g/mol. The van der Waals surface area contributed by atoms with Gasteiger partial charge in [0.15, 0.2) is 0 Å². The highest BCUT2D eigenvalue weighted by molar-refractivity contribution is 5.98. The predicted molar refractivity (Wildman–Crippen MR) is 120 cm³/mol. The number of hydrogen-bond donors (Lipinski definition) is 1. The number of nitrogens with zero attached hydrogens (tertiary/aromatic N) is 3. The quantitative estimate of drug-likeness (QED) is 0.656. The van der Waals surface area contributed by atoms with Gasteiger partial charge in [0.25, 0.3) is 0 Å². The number of nitrogens with one attached hydrogen (secondary N) is 1. The summed E-state index contributed by atoms with van der Waals surface area (Å²) in [5.74, 6) is 1.38. The van der Waals surface area contributed by atoms with Gasteiger partial charge in [0.05, 0.1) is 12.8 Å². The number of aromatic nitrogens is 2. The minimum absolute atomic E-state index is 0.0532. The highest BCUT2D eigenvalue weighted by Gasteiger charge is 2.24. The van der Waals surface area contributed by atoms with Gasteiger partial charge in [-0.3, -0.25) is 14.5 Å². The standard InChI is InChI=1S/C24H26N4O3/c1-17-16-23-27(14-5-15-28(23)26-17)24(30)13-12-22(29)25-19-10-8-18(9-11-19)20-6-3-4-7-21(20)31-2/h3-4,6-11,16H,5,12-15H2,1-2H3,(H,25,29). The molecule has 3 aromatic rings. The second-order valence-electron chi connectivity index (χ2n) is 7.59. The van der Waals surface area contributed by atoms with E-state index in [4.69, 9.17) is 4.74 Å². The van der Waals surface area contributed by atoms with Gasteiger partial charge in [0.2, 0.25) is 11.8 Å². The van der Waals surface area contributed by atoms with Crippen LogP contribution in [0.2, 0.25) is 0 Å². The molecular formula is C24H26N4O3. The minimum Gasteiger partial charge on any atom is -0.496 e. The van der Waals surface area contributed by atoms with Crippen LogP contribution in [0.15, 0.2) is 54.6 Å². The Bertz CT molecular complexity index is 1090. The number of ether oxygens (including phenoxy) is 1. The number of amides is 2. The van der Waals surface area contributed by atoms with E-state index in [1.807, 2.05) is 66.2 Å². The van der Waals surface area contributed by atoms with Gasteiger partial charge >= 0.3 is 0 Å². The van der Waals surface area contributed by atoms with E-state index >= 15 is 0 Å². The van der Waals surface area contributed by atoms with Crippen molar-refractivity contribution in [2.75, 3.05) is 23.9 Å². The van der Waals surface area contributed by atoms with Crippen LogP contribution in [0.5, 0.6) is 5.75 Å². The number of aryl methyl sites for hydroxylation is 2. The summed E-state index contributed by atoms with van der Waals surface area (Å²) in [5.41, 5.74) is 3.58. The maximum atomic E-state index is 12.7. The molecule has 4 rings (SSSR count). The molecule has 0 aliphatic carbocycles. The molecule has 0 radical (unpaired) electrons. The molecule has 0 bridgehead atoms. The number of methoxy groups -OCH3 is 1. The molecule has 31 heavy (non-hydrogen) atoms. The number of carbonyl (C=O) groups is 2. The van der Waals surface area contributed by atoms with Crippen molar-refractivity contribution in [2.24, 2.45) is 0 Å². The van der Waals surface area contributed by atoms with Gasteiger partial charge in [-0.05, 0) is 37.1 Å². The first-order valence-electron chi connectivity index (χ1n) is 10.4. The molecule has 1 aliphatic rings. The Kier molecular flexibility index (Phi) is 6.02. The molecule has 1 aromatic heterocycles. The molecule has 1 N–H and O–H groups in total. The van der Waals surface area contributed by atoms with Crippen LogP contribution in [0.3, 0.4) is 0 Å². The lowest BCUT2D eigenvalue weighted by atomic mass is 10.0. The molecule has 7 nitrogen and oxygen atoms in total. The van der Waals surface area contributed by atoms with Crippen molar-refractivity contribution in [3.63, 3.8) is 0 Å². The van der Waals surface area contributed by atoms with Crippen molar-refractivity contribution in [2.45, 2.75) is 32.7 Å². The highest BCUT2D eigenvalue weighted by Crippen LogP contribution is 2.30. The van der Waals surface area contributed by atoms with Crippen LogP contribution in [0.25, 0.3) is 11.1 Å². The summed E-state index contributed by atoms with van der Waals surface area (Å²) in [6.45, 7) is 3.40. The van der Waals surface area contributed by atoms with Gasteiger partial charge in [-0.15, -0.1) is 0 Å². The highest BCUT2D eigenvalue weighted by atomic mass is 16.5. The Morgan fingerprint density at radius 1 is 1.06 bits per heavy atom. The van der Waals surface area contributed by atoms with Crippen molar-refractivity contribution in [3.8, 4) is 16.9 Å². The number of carbonyl (C=O) groups excluding carboxylic acids is 2. The molecule has 2 amide bonds. The summed E-state index contributed by atoms with van der Waals surface area (Å²) in [4.78, 5) is 26.8. The summed E-state index contributed by atoms with van der Waals surface area (Å²) in [5, 5.41) is 7.28. The topological polar surface area (TPSA) is 76.5 Å². The Hall–Kier alpha value is -3.61. The normalized spacial score (nSPS) is 12.9. The van der Waals surface area contributed by atoms with Crippen molar-refractivity contribution < 1.29 is 14.3 Å². The number of rotatable bonds is 6. The van der Waals surface area contributed by atoms with Gasteiger partial charge in [-0.1, -0.05) is 30.3 Å². The van der Waals surface area contributed by atoms with E-state index in [9.17, 15) is 9.59 Å². The van der Waals surface area contributed by atoms with Crippen LogP contribution in [0, 0.1) is 6.92 Å². The zero-order valence-corrected chi connectivity index (χ0v) is 17.8. The van der Waals surface area contributed by atoms with E-state index in [-0.39, 0.29) is 24.7 Å². The SMILES string of the molecule is COc1ccccc1-c1ccc(NC(=O)CCC(=O)N2CCCn3nc(C)cc32)cc1. The van der Waals surface area contributed by atoms with Crippen LogP contribution >= 0.6 is 0 Å². The van der Waals surface area contributed by atoms with Crippen LogP contribution in [-0.2, 0) is 16.1 Å². The maximum Gasteiger partial charge on any atom is 0.228 e. The van der Waals surface area contributed by atoms with Crippen molar-refractivity contribution in [1.82, 2.24) is 9.78 Å². The predicted octanol–water partition coefficient (Wildman–Crippen LogP) is 4.02. The van der Waals surface area contributed by atoms with E-state index in [2.05, 4.69) is 10.4 Å². The Morgan fingerprint density at radius 2 is 1.84 bits per heavy atom. The molecule has 1 aliphatic heterocycles. The number of benzene rings is 2. The van der Waals surface area contributed by atoms with E-state index in [0.717, 1.165) is 41.4 Å². The van der Waals surface area contributed by atoms with Crippen molar-refractivity contribution >= 4 is 23.3 Å². The third-order valence-electron chi connectivity index (χ3n) is 5.36. The average Bonchev–Trinajstić information content (AvgIpc) is 3.18. The van der Waals surface area contributed by atoms with E-state index in [0.29, 0.717) is 12.2 Å². The van der Waals surface area contributed by atoms with Gasteiger partial charge in [-0.25, -0.2) is 4.68 Å². The van der Waals surface area contributed by atoms with Gasteiger partial charge in [-0.2, -0.15) is 5.10 Å². The third kappa shape index (κ3) is 4.60. The zero-order chi connectivity index (χ0) is 21.8. The molecule has 0 saturated carbocycles. The first-order chi connectivity index (χ1) is 15.0. The molecule has 0 atom stereocenters. The minimum atomic E-state index is -0.180. The Morgan fingerprint density at radius 3 is 2.61 bits per heavy atom. The van der Waals surface area contributed by atoms with Crippen LogP contribution < -0.4 is 15.0 Å². The summed E-state index contributed by atoms with van der Waals surface area (Å²) in [7, 11) is 1.65. The lowest BCUT2D eigenvalue weighted by molar-refractivity contribution is -0.122. The summed E-state index contributed by atoms with van der Waals surface area (Å²) in [6.07, 6.45) is 1.16. The molecule has 7 heteroatoms. The van der Waals surface area contributed by atoms with Gasteiger partial charge < -0.3 is 10.1 Å². The second kappa shape index (κ2) is 9.04. The Labute approximate surface area is 181 Å². The largest absolute Gasteiger partial charge is 0.496 e. The fraction of sp³-hybridized carbons (Fsp3) is 0.292. The molecule has 2 aromatic carbocycles. The lowest BCUT2D eigenvalue weighted by Gasteiger charge is -2.27. The van der Waals surface area contributed by atoms with Gasteiger partial charge in [0.1, 0.15) is 11.6 Å². The zero-order valence-electron chi connectivity index (χ0n) is 17.8. The van der Waals surface area contributed by atoms with Crippen LogP contribution in [0.4, 0.5) is 11.5 Å². The smallest absolute Gasteiger partial charge is 0.228 e. The van der Waals surface area contributed by atoms with Crippen molar-refractivity contribution in [1.29, 1.82) is 0 Å². The molecule has 0 fully saturated rings. The number of hydrogen-bond acceptors (Lipinski definition) is 4. The average molecular weight is 418 g/mol. The van der Waals surface area contributed by atoms with Gasteiger partial charge in [0, 0.05) is 43.2 Å². The van der Waals surface area contributed by atoms with E-state index in [1.165, 1.54) is 0 Å². The number of anilines is 2. The molecule has 0 saturated heterocycles. The molecule has 0 spiro atoms. The number of fused-ring (bicyclic) bond motifs is 1. The van der Waals surface area contributed by atoms with Crippen LogP contribution in [-0.4, -0.2) is 35.2 Å². The lowest BCUT2D eigenvalue weighted by Crippen LogP contribution is -2.37. The third-order valence-corrected chi connectivity index (χ3v) is 5.36. The maximum absolute atomic E-state index is 12.7. The molecule has 160 valence electrons. The van der Waals surface area contributed by atoms with Crippen molar-refractivity contribution in [3.05, 3.63) is 60.3 Å². The first kappa shape index (κ1) is 20.7. The van der Waals surface area contributed by atoms with E-state index in [1.54, 1.807) is 12.0 Å². The van der Waals surface area contributed by atoms with E-state index < -0.39 is 0 Å². The fourth-order valence-electron chi connectivity index (χ4n) is 3.85. The van der Waals surface area contributed by atoms with Crippen LogP contribution in [0.1, 0.15) is 25.0 Å². The Balaban J connectivity index is 1.34. The molecule has 0 unspecified atom stereocenters. The number of para-hydroxylation sites is 1. The second-order valence-corrected chi connectivity index (χ2v) is 7.59. The summed E-state index contributed by atoms with van der Waals surface area (Å²) in [6, 6.07) is 17.3. The fourth-order valence-corrected chi connectivity index (χ4v) is 3.85. The molecular weight excluding hydrogens is 392 g/mol. The summed E-state index contributed by atoms with van der Waals surface area (Å²) < 4.78 is 7.27. The molecule has 2 heterocycles.